The standard InChI is InChI=1S/C13H9.C9H7.2CH4O.2CH3.Si.Ti/c1-3-7-12-10(5-1)9-11-6-2-4-8-13(11)12;1-2-5-9-7-3-6-8(9)4-1;2*1-2;;;;/h1-5,7-8H,9H2;1-7H;2*2H,1H3;2*1H3;;/q2*-1;;;2*-1;;. The molecule has 0 fully saturated rings. The predicted molar refractivity (Wildman–Crippen MR) is 128 cm³/mol. The van der Waals surface area contributed by atoms with Crippen LogP contribution in [-0.2, 0) is 25.6 Å². The molecule has 2 radical (unpaired) electrons. The number of aliphatic hydroxyl groups excluding tert-OH is 2. The van der Waals surface area contributed by atoms with Crippen molar-refractivity contribution in [3.63, 3.8) is 0 Å². The minimum Gasteiger partial charge on any atom is -0.179 e. The van der Waals surface area contributed by atoms with E-state index in [0.29, 0.717) is 0 Å². The van der Waals surface area contributed by atoms with Crippen LogP contribution in [0.5, 0.6) is 0 Å². The second kappa shape index (κ2) is 17.9. The molecule has 0 saturated carbocycles. The second-order valence-electron chi connectivity index (χ2n) is 5.55. The summed E-state index contributed by atoms with van der Waals surface area (Å²) in [6, 6.07) is 32.8. The van der Waals surface area contributed by atoms with E-state index in [1.54, 1.807) is 19.2 Å². The van der Waals surface area contributed by atoms with Gasteiger partial charge >= 0.3 is 26.8 Å². The summed E-state index contributed by atoms with van der Waals surface area (Å²) in [5, 5.41) is 16.7. The van der Waals surface area contributed by atoms with Crippen molar-refractivity contribution in [2.75, 3.05) is 14.2 Å². The average Bonchev–Trinajstić information content (AvgIpc) is 3.43. The summed E-state index contributed by atoms with van der Waals surface area (Å²) in [6.45, 7) is 0. The van der Waals surface area contributed by atoms with Gasteiger partial charge < -0.3 is 25.1 Å². The minimum atomic E-state index is 0. The molecule has 2 N–H and O–H groups in total. The van der Waals surface area contributed by atoms with Crippen molar-refractivity contribution in [1.29, 1.82) is 0 Å². The zero-order valence-electron chi connectivity index (χ0n) is 18.2. The van der Waals surface area contributed by atoms with Crippen LogP contribution in [0.4, 0.5) is 0 Å². The van der Waals surface area contributed by atoms with Crippen LogP contribution >= 0.6 is 0 Å². The summed E-state index contributed by atoms with van der Waals surface area (Å²) in [6.07, 6.45) is 1.05. The molecule has 0 saturated heterocycles. The van der Waals surface area contributed by atoms with Crippen molar-refractivity contribution >= 4 is 18.4 Å². The van der Waals surface area contributed by atoms with Crippen LogP contribution in [0.2, 0.25) is 0 Å². The first-order valence-electron chi connectivity index (χ1n) is 8.74. The summed E-state index contributed by atoms with van der Waals surface area (Å²) >= 11 is 1.81. The largest absolute Gasteiger partial charge is 0.179 e. The van der Waals surface area contributed by atoms with Crippen LogP contribution in [0, 0.1) is 20.9 Å². The number of benzene rings is 3. The fourth-order valence-electron chi connectivity index (χ4n) is 3.07. The Labute approximate surface area is 196 Å². The van der Waals surface area contributed by atoms with Gasteiger partial charge in [0, 0.05) is 14.2 Å². The van der Waals surface area contributed by atoms with Gasteiger partial charge in [-0.1, -0.05) is 41.5 Å². The van der Waals surface area contributed by atoms with Gasteiger partial charge in [0.1, 0.15) is 0 Å². The van der Waals surface area contributed by atoms with Gasteiger partial charge in [-0.15, -0.1) is 35.2 Å². The molecular formula is C26H30O2SiTi-4. The molecule has 0 unspecified atom stereocenters. The van der Waals surface area contributed by atoms with Crippen molar-refractivity contribution in [3.05, 3.63) is 117 Å². The summed E-state index contributed by atoms with van der Waals surface area (Å²) in [5.74, 6) is 0. The summed E-state index contributed by atoms with van der Waals surface area (Å²) in [4.78, 5) is 0. The second-order valence-corrected chi connectivity index (χ2v) is 5.55. The Kier molecular flexibility index (Phi) is 18.1. The van der Waals surface area contributed by atoms with Gasteiger partial charge in [-0.25, -0.2) is 0 Å². The number of hydrogen-bond acceptors (Lipinski definition) is 2. The molecule has 0 aliphatic heterocycles. The first kappa shape index (κ1) is 30.3. The molecular weight excluding hydrogens is 420 g/mol. The molecule has 4 aromatic rings. The third-order valence-electron chi connectivity index (χ3n) is 4.16. The predicted octanol–water partition coefficient (Wildman–Crippen LogP) is 5.35. The average molecular weight is 450 g/mol. The van der Waals surface area contributed by atoms with E-state index < -0.39 is 0 Å². The van der Waals surface area contributed by atoms with E-state index >= 15 is 0 Å². The van der Waals surface area contributed by atoms with E-state index in [2.05, 4.69) is 92.6 Å². The van der Waals surface area contributed by atoms with Crippen molar-refractivity contribution in [1.82, 2.24) is 0 Å². The number of aliphatic hydroxyl groups is 2. The Morgan fingerprint density at radius 2 is 1.40 bits per heavy atom. The van der Waals surface area contributed by atoms with Crippen molar-refractivity contribution < 1.29 is 29.4 Å². The van der Waals surface area contributed by atoms with Gasteiger partial charge in [0.2, 0.25) is 0 Å². The van der Waals surface area contributed by atoms with Gasteiger partial charge in [0.15, 0.2) is 0 Å². The smallest absolute Gasteiger partial charge is 0.0253 e. The SMILES string of the molecule is CO.CO.[CH3-].[CH3-].[Si]=[Ti].[c-]1cccc2c1Cc1ccccc1-2.c1ccc2[cH-]ccc2c1. The van der Waals surface area contributed by atoms with E-state index in [9.17, 15) is 0 Å². The topological polar surface area (TPSA) is 40.5 Å². The molecule has 5 rings (SSSR count). The van der Waals surface area contributed by atoms with Crippen LogP contribution in [0.1, 0.15) is 11.1 Å². The van der Waals surface area contributed by atoms with E-state index in [4.69, 9.17) is 10.2 Å². The molecule has 1 aliphatic rings. The van der Waals surface area contributed by atoms with Crippen LogP contribution in [0.3, 0.4) is 0 Å². The first-order valence-corrected chi connectivity index (χ1v) is 11.6. The Morgan fingerprint density at radius 1 is 0.800 bits per heavy atom. The Hall–Kier alpha value is -1.88. The fourth-order valence-corrected chi connectivity index (χ4v) is 3.07. The molecule has 2 nitrogen and oxygen atoms in total. The van der Waals surface area contributed by atoms with E-state index in [0.717, 1.165) is 20.6 Å². The van der Waals surface area contributed by atoms with Gasteiger partial charge in [-0.2, -0.15) is 47.3 Å². The van der Waals surface area contributed by atoms with Gasteiger partial charge in [-0.3, -0.25) is 0 Å². The maximum atomic E-state index is 7.00. The minimum absolute atomic E-state index is 0. The monoisotopic (exact) mass is 450 g/mol. The van der Waals surface area contributed by atoms with Gasteiger partial charge in [-0.05, 0) is 6.42 Å². The summed E-state index contributed by atoms with van der Waals surface area (Å²) in [7, 11) is 4.97. The number of rotatable bonds is 0. The zero-order valence-corrected chi connectivity index (χ0v) is 20.7. The third-order valence-corrected chi connectivity index (χ3v) is 4.16. The van der Waals surface area contributed by atoms with E-state index in [1.807, 2.05) is 6.07 Å². The van der Waals surface area contributed by atoms with Crippen molar-refractivity contribution in [3.8, 4) is 11.1 Å². The molecule has 0 amide bonds. The Balaban J connectivity index is 0. The summed E-state index contributed by atoms with van der Waals surface area (Å²) in [5.41, 5.74) is 5.51. The molecule has 0 bridgehead atoms. The molecule has 4 aromatic carbocycles. The molecule has 0 atom stereocenters. The maximum Gasteiger partial charge on any atom is -0.0253 e. The fraction of sp³-hybridized carbons (Fsp3) is 0.115. The van der Waals surface area contributed by atoms with Gasteiger partial charge in [0.25, 0.3) is 0 Å². The zero-order chi connectivity index (χ0) is 20.8. The molecule has 1 aliphatic carbocycles. The van der Waals surface area contributed by atoms with Crippen LogP contribution in [0.25, 0.3) is 21.9 Å². The van der Waals surface area contributed by atoms with Crippen LogP contribution in [-0.4, -0.2) is 32.1 Å². The van der Waals surface area contributed by atoms with Crippen molar-refractivity contribution in [2.24, 2.45) is 0 Å². The summed E-state index contributed by atoms with van der Waals surface area (Å²) < 4.78 is 0. The Morgan fingerprint density at radius 3 is 2.10 bits per heavy atom. The van der Waals surface area contributed by atoms with Crippen LogP contribution < -0.4 is 0 Å². The van der Waals surface area contributed by atoms with E-state index in [-0.39, 0.29) is 14.9 Å². The third kappa shape index (κ3) is 8.10. The quantitative estimate of drug-likeness (QED) is 0.247. The molecule has 0 heterocycles. The maximum absolute atomic E-state index is 7.00. The Bertz CT molecular complexity index is 877. The van der Waals surface area contributed by atoms with E-state index in [1.165, 1.54) is 33.0 Å². The molecule has 4 heteroatoms. The van der Waals surface area contributed by atoms with Gasteiger partial charge in [0.05, 0.1) is 0 Å². The number of fused-ring (bicyclic) bond motifs is 4. The van der Waals surface area contributed by atoms with Crippen LogP contribution in [0.15, 0.2) is 84.9 Å². The number of hydrogen-bond donors (Lipinski definition) is 2. The van der Waals surface area contributed by atoms with Crippen molar-refractivity contribution in [2.45, 2.75) is 6.42 Å². The molecule has 0 aromatic heterocycles. The molecule has 30 heavy (non-hydrogen) atoms. The molecule has 0 spiro atoms. The molecule has 158 valence electrons. The first-order chi connectivity index (χ1) is 13.9. The normalized spacial score (nSPS) is 8.90.